The lowest BCUT2D eigenvalue weighted by atomic mass is 10.2. The van der Waals surface area contributed by atoms with Crippen molar-refractivity contribution in [1.29, 1.82) is 0 Å². The molecule has 2 aromatic heterocycles. The normalized spacial score (nSPS) is 16.8. The Bertz CT molecular complexity index is 648. The van der Waals surface area contributed by atoms with Gasteiger partial charge in [0.15, 0.2) is 11.6 Å². The summed E-state index contributed by atoms with van der Waals surface area (Å²) in [4.78, 5) is 8.44. The Kier molecular flexibility index (Phi) is 4.59. The average Bonchev–Trinajstić information content (AvgIpc) is 2.74. The first-order chi connectivity index (χ1) is 10.6. The van der Waals surface area contributed by atoms with Gasteiger partial charge in [0.05, 0.1) is 10.7 Å². The molecule has 0 N–H and O–H groups in total. The van der Waals surface area contributed by atoms with Gasteiger partial charge >= 0.3 is 0 Å². The fourth-order valence-corrected chi connectivity index (χ4v) is 2.83. The van der Waals surface area contributed by atoms with Gasteiger partial charge in [0.1, 0.15) is 6.26 Å². The van der Waals surface area contributed by atoms with E-state index in [9.17, 15) is 4.39 Å². The highest BCUT2D eigenvalue weighted by atomic mass is 35.5. The van der Waals surface area contributed by atoms with E-state index < -0.39 is 0 Å². The molecule has 2 aromatic rings. The lowest BCUT2D eigenvalue weighted by Gasteiger charge is -2.22. The summed E-state index contributed by atoms with van der Waals surface area (Å²) in [5.74, 6) is 0.0169. The van der Waals surface area contributed by atoms with Crippen molar-refractivity contribution in [2.45, 2.75) is 19.9 Å². The number of aromatic nitrogens is 2. The van der Waals surface area contributed by atoms with Gasteiger partial charge in [0, 0.05) is 44.5 Å². The Balaban J connectivity index is 1.66. The van der Waals surface area contributed by atoms with Crippen molar-refractivity contribution in [1.82, 2.24) is 15.0 Å². The molecule has 0 unspecified atom stereocenters. The van der Waals surface area contributed by atoms with Gasteiger partial charge in [-0.1, -0.05) is 16.8 Å². The first kappa shape index (κ1) is 15.2. The Hall–Kier alpha value is -1.66. The van der Waals surface area contributed by atoms with Crippen LogP contribution in [0.2, 0.25) is 5.02 Å². The van der Waals surface area contributed by atoms with E-state index in [0.717, 1.165) is 50.4 Å². The zero-order valence-electron chi connectivity index (χ0n) is 12.4. The van der Waals surface area contributed by atoms with Crippen molar-refractivity contribution >= 4 is 17.4 Å². The van der Waals surface area contributed by atoms with E-state index in [1.165, 1.54) is 12.3 Å². The van der Waals surface area contributed by atoms with Gasteiger partial charge in [0.2, 0.25) is 0 Å². The maximum Gasteiger partial charge on any atom is 0.167 e. The van der Waals surface area contributed by atoms with Crippen molar-refractivity contribution in [2.24, 2.45) is 0 Å². The van der Waals surface area contributed by atoms with Crippen LogP contribution in [0.5, 0.6) is 0 Å². The number of halogens is 2. The van der Waals surface area contributed by atoms with E-state index in [2.05, 4.69) is 15.0 Å². The van der Waals surface area contributed by atoms with Crippen LogP contribution >= 0.6 is 11.6 Å². The third-order valence-corrected chi connectivity index (χ3v) is 4.13. The summed E-state index contributed by atoms with van der Waals surface area (Å²) in [6.07, 6.45) is 4.13. The first-order valence-electron chi connectivity index (χ1n) is 7.31. The summed E-state index contributed by atoms with van der Waals surface area (Å²) >= 11 is 5.76. The molecule has 0 bridgehead atoms. The van der Waals surface area contributed by atoms with E-state index in [4.69, 9.17) is 16.1 Å². The van der Waals surface area contributed by atoms with Gasteiger partial charge in [-0.15, -0.1) is 0 Å². The zero-order chi connectivity index (χ0) is 15.5. The van der Waals surface area contributed by atoms with Crippen molar-refractivity contribution in [2.75, 3.05) is 31.1 Å². The molecule has 0 amide bonds. The van der Waals surface area contributed by atoms with Crippen molar-refractivity contribution in [3.63, 3.8) is 0 Å². The molecule has 1 fully saturated rings. The number of aryl methyl sites for hydroxylation is 1. The average molecular weight is 325 g/mol. The van der Waals surface area contributed by atoms with E-state index >= 15 is 0 Å². The van der Waals surface area contributed by atoms with Gasteiger partial charge in [-0.05, 0) is 19.4 Å². The molecule has 0 saturated carbocycles. The molecular weight excluding hydrogens is 307 g/mol. The quantitative estimate of drug-likeness (QED) is 0.868. The maximum atomic E-state index is 14.0. The molecule has 0 aromatic carbocycles. The van der Waals surface area contributed by atoms with Gasteiger partial charge < -0.3 is 9.42 Å². The summed E-state index contributed by atoms with van der Waals surface area (Å²) in [7, 11) is 0. The molecule has 1 aliphatic rings. The fraction of sp³-hybridized carbons (Fsp3) is 0.467. The molecule has 1 saturated heterocycles. The molecule has 1 aliphatic heterocycles. The van der Waals surface area contributed by atoms with Gasteiger partial charge in [-0.25, -0.2) is 9.37 Å². The first-order valence-corrected chi connectivity index (χ1v) is 7.69. The van der Waals surface area contributed by atoms with Crippen LogP contribution < -0.4 is 4.90 Å². The number of hydrogen-bond donors (Lipinski definition) is 0. The molecule has 22 heavy (non-hydrogen) atoms. The lowest BCUT2D eigenvalue weighted by Crippen LogP contribution is -2.31. The van der Waals surface area contributed by atoms with E-state index in [-0.39, 0.29) is 5.82 Å². The van der Waals surface area contributed by atoms with Gasteiger partial charge in [-0.2, -0.15) is 0 Å². The summed E-state index contributed by atoms with van der Waals surface area (Å²) in [5, 5.41) is 4.22. The molecule has 0 atom stereocenters. The SMILES string of the molecule is Cc1nocc1CN1CCCN(c2ncc(Cl)cc2F)CC1. The largest absolute Gasteiger partial charge is 0.364 e. The Labute approximate surface area is 133 Å². The minimum atomic E-state index is -0.365. The monoisotopic (exact) mass is 324 g/mol. The second-order valence-corrected chi connectivity index (χ2v) is 5.94. The third kappa shape index (κ3) is 3.39. The highest BCUT2D eigenvalue weighted by molar-refractivity contribution is 6.30. The van der Waals surface area contributed by atoms with Crippen molar-refractivity contribution < 1.29 is 8.91 Å². The van der Waals surface area contributed by atoms with Crippen LogP contribution in [0.25, 0.3) is 0 Å². The fourth-order valence-electron chi connectivity index (χ4n) is 2.69. The predicted molar refractivity (Wildman–Crippen MR) is 82.6 cm³/mol. The molecular formula is C15H18ClFN4O. The summed E-state index contributed by atoms with van der Waals surface area (Å²) in [6.45, 7) is 6.06. The van der Waals surface area contributed by atoms with Crippen LogP contribution in [0.4, 0.5) is 10.2 Å². The molecule has 5 nitrogen and oxygen atoms in total. The zero-order valence-corrected chi connectivity index (χ0v) is 13.2. The number of hydrogen-bond acceptors (Lipinski definition) is 5. The van der Waals surface area contributed by atoms with Gasteiger partial charge in [-0.3, -0.25) is 4.90 Å². The van der Waals surface area contributed by atoms with Crippen LogP contribution in [-0.2, 0) is 6.54 Å². The summed E-state index contributed by atoms with van der Waals surface area (Å²) in [5.41, 5.74) is 2.02. The second-order valence-electron chi connectivity index (χ2n) is 5.50. The molecule has 0 radical (unpaired) electrons. The maximum absolute atomic E-state index is 14.0. The Morgan fingerprint density at radius 3 is 2.91 bits per heavy atom. The van der Waals surface area contributed by atoms with E-state index in [1.807, 2.05) is 11.8 Å². The van der Waals surface area contributed by atoms with Crippen molar-refractivity contribution in [3.05, 3.63) is 40.6 Å². The summed E-state index contributed by atoms with van der Waals surface area (Å²) in [6, 6.07) is 1.31. The summed E-state index contributed by atoms with van der Waals surface area (Å²) < 4.78 is 19.0. The standard InChI is InChI=1S/C15H18ClFN4O/c1-11-12(10-22-19-11)9-20-3-2-4-21(6-5-20)15-14(17)7-13(16)8-18-15/h7-8,10H,2-6,9H2,1H3. The topological polar surface area (TPSA) is 45.4 Å². The van der Waals surface area contributed by atoms with Crippen LogP contribution in [-0.4, -0.2) is 41.2 Å². The third-order valence-electron chi connectivity index (χ3n) is 3.92. The smallest absolute Gasteiger partial charge is 0.167 e. The molecule has 118 valence electrons. The molecule has 0 spiro atoms. The lowest BCUT2D eigenvalue weighted by molar-refractivity contribution is 0.284. The van der Waals surface area contributed by atoms with E-state index in [1.54, 1.807) is 6.26 Å². The number of nitrogens with zero attached hydrogens (tertiary/aromatic N) is 4. The van der Waals surface area contributed by atoms with Crippen LogP contribution in [0.15, 0.2) is 23.0 Å². The second kappa shape index (κ2) is 6.62. The molecule has 3 heterocycles. The minimum Gasteiger partial charge on any atom is -0.364 e. The van der Waals surface area contributed by atoms with Crippen LogP contribution in [0.1, 0.15) is 17.7 Å². The van der Waals surface area contributed by atoms with Crippen molar-refractivity contribution in [3.8, 4) is 0 Å². The Morgan fingerprint density at radius 2 is 2.18 bits per heavy atom. The number of anilines is 1. The van der Waals surface area contributed by atoms with E-state index in [0.29, 0.717) is 10.8 Å². The van der Waals surface area contributed by atoms with Crippen LogP contribution in [0, 0.1) is 12.7 Å². The number of rotatable bonds is 3. The highest BCUT2D eigenvalue weighted by Crippen LogP contribution is 2.21. The minimum absolute atomic E-state index is 0.320. The van der Waals surface area contributed by atoms with Crippen LogP contribution in [0.3, 0.4) is 0 Å². The molecule has 0 aliphatic carbocycles. The molecule has 3 rings (SSSR count). The molecule has 7 heteroatoms. The Morgan fingerprint density at radius 1 is 1.32 bits per heavy atom. The number of pyridine rings is 1. The predicted octanol–water partition coefficient (Wildman–Crippen LogP) is 2.88. The highest BCUT2D eigenvalue weighted by Gasteiger charge is 2.19. The van der Waals surface area contributed by atoms with Gasteiger partial charge in [0.25, 0.3) is 0 Å².